The number of likely N-dealkylation sites (tertiary alicyclic amines) is 1. The summed E-state index contributed by atoms with van der Waals surface area (Å²) >= 11 is 0. The number of carbonyl (C=O) groups excluding carboxylic acids is 1. The number of non-ortho nitro benzene ring substituents is 1. The van der Waals surface area contributed by atoms with Crippen LogP contribution in [-0.2, 0) is 16.1 Å². The molecule has 2 aliphatic rings. The number of guanidine groups is 1. The Kier molecular flexibility index (Phi) is 7.80. The van der Waals surface area contributed by atoms with Crippen LogP contribution in [0.2, 0.25) is 0 Å². The van der Waals surface area contributed by atoms with Gasteiger partial charge in [0.15, 0.2) is 5.96 Å². The third-order valence-electron chi connectivity index (χ3n) is 5.22. The molecule has 3 rings (SSSR count). The number of nitro groups is 1. The molecule has 0 spiro atoms. The standard InChI is InChI=1S/C20H29N5O4/c26-19-3-1-10-24(19)11-2-9-21-20(23-14-17-8-12-29-15-17)22-13-16-4-6-18(7-5-16)25(27)28/h4-7,17H,1-3,8-15H2,(H2,21,22,23). The second-order valence-corrected chi connectivity index (χ2v) is 7.46. The maximum absolute atomic E-state index is 11.7. The zero-order valence-corrected chi connectivity index (χ0v) is 16.6. The summed E-state index contributed by atoms with van der Waals surface area (Å²) in [6.07, 6.45) is 3.52. The molecule has 9 heteroatoms. The van der Waals surface area contributed by atoms with Crippen molar-refractivity contribution < 1.29 is 14.5 Å². The van der Waals surface area contributed by atoms with E-state index in [0.29, 0.717) is 24.8 Å². The molecule has 158 valence electrons. The van der Waals surface area contributed by atoms with Crippen LogP contribution in [0.3, 0.4) is 0 Å². The van der Waals surface area contributed by atoms with E-state index in [1.54, 1.807) is 12.1 Å². The van der Waals surface area contributed by atoms with E-state index >= 15 is 0 Å². The Balaban J connectivity index is 1.50. The predicted molar refractivity (Wildman–Crippen MR) is 110 cm³/mol. The van der Waals surface area contributed by atoms with Gasteiger partial charge in [0, 0.05) is 57.3 Å². The Morgan fingerprint density at radius 1 is 1.31 bits per heavy atom. The van der Waals surface area contributed by atoms with Crippen LogP contribution in [-0.4, -0.2) is 61.1 Å². The van der Waals surface area contributed by atoms with Crippen molar-refractivity contribution in [2.45, 2.75) is 32.2 Å². The van der Waals surface area contributed by atoms with Crippen molar-refractivity contribution in [3.8, 4) is 0 Å². The summed E-state index contributed by atoms with van der Waals surface area (Å²) in [4.78, 5) is 28.6. The number of hydrogen-bond acceptors (Lipinski definition) is 5. The molecule has 0 radical (unpaired) electrons. The molecule has 0 saturated carbocycles. The lowest BCUT2D eigenvalue weighted by Crippen LogP contribution is -2.41. The maximum atomic E-state index is 11.7. The number of carbonyl (C=O) groups is 1. The van der Waals surface area contributed by atoms with Crippen LogP contribution < -0.4 is 10.6 Å². The average molecular weight is 403 g/mol. The highest BCUT2D eigenvalue weighted by molar-refractivity contribution is 5.80. The zero-order valence-electron chi connectivity index (χ0n) is 16.6. The Morgan fingerprint density at radius 2 is 2.14 bits per heavy atom. The quantitative estimate of drug-likeness (QED) is 0.213. The van der Waals surface area contributed by atoms with Gasteiger partial charge in [-0.1, -0.05) is 12.1 Å². The summed E-state index contributed by atoms with van der Waals surface area (Å²) in [5.74, 6) is 1.43. The van der Waals surface area contributed by atoms with Gasteiger partial charge in [0.1, 0.15) is 0 Å². The van der Waals surface area contributed by atoms with Gasteiger partial charge in [0.2, 0.25) is 5.91 Å². The van der Waals surface area contributed by atoms with Gasteiger partial charge in [-0.25, -0.2) is 4.99 Å². The highest BCUT2D eigenvalue weighted by Crippen LogP contribution is 2.13. The Morgan fingerprint density at radius 3 is 2.79 bits per heavy atom. The lowest BCUT2D eigenvalue weighted by atomic mass is 10.1. The van der Waals surface area contributed by atoms with E-state index in [2.05, 4.69) is 15.6 Å². The Bertz CT molecular complexity index is 716. The molecule has 1 amide bonds. The van der Waals surface area contributed by atoms with E-state index in [1.165, 1.54) is 12.1 Å². The summed E-state index contributed by atoms with van der Waals surface area (Å²) in [6, 6.07) is 6.44. The molecule has 29 heavy (non-hydrogen) atoms. The van der Waals surface area contributed by atoms with Crippen LogP contribution in [0, 0.1) is 16.0 Å². The van der Waals surface area contributed by atoms with E-state index < -0.39 is 4.92 Å². The number of aliphatic imine (C=N–C) groups is 1. The monoisotopic (exact) mass is 403 g/mol. The number of nitro benzene ring substituents is 1. The number of rotatable bonds is 9. The summed E-state index contributed by atoms with van der Waals surface area (Å²) < 4.78 is 5.42. The Hall–Kier alpha value is -2.68. The minimum Gasteiger partial charge on any atom is -0.381 e. The van der Waals surface area contributed by atoms with E-state index in [0.717, 1.165) is 64.2 Å². The van der Waals surface area contributed by atoms with Gasteiger partial charge in [0.05, 0.1) is 18.1 Å². The van der Waals surface area contributed by atoms with Gasteiger partial charge >= 0.3 is 0 Å². The molecule has 2 heterocycles. The summed E-state index contributed by atoms with van der Waals surface area (Å²) in [6.45, 7) is 5.13. The average Bonchev–Trinajstić information content (AvgIpc) is 3.38. The molecule has 2 N–H and O–H groups in total. The Labute approximate surface area is 170 Å². The normalized spacial score (nSPS) is 19.6. The first-order chi connectivity index (χ1) is 14.1. The van der Waals surface area contributed by atoms with Crippen LogP contribution in [0.5, 0.6) is 0 Å². The summed E-state index contributed by atoms with van der Waals surface area (Å²) in [7, 11) is 0. The first-order valence-corrected chi connectivity index (χ1v) is 10.2. The number of benzene rings is 1. The molecule has 1 aromatic rings. The zero-order chi connectivity index (χ0) is 20.5. The molecule has 1 unspecified atom stereocenters. The van der Waals surface area contributed by atoms with E-state index in [-0.39, 0.29) is 11.6 Å². The summed E-state index contributed by atoms with van der Waals surface area (Å²) in [5.41, 5.74) is 0.982. The van der Waals surface area contributed by atoms with Gasteiger partial charge < -0.3 is 20.3 Å². The fourth-order valence-electron chi connectivity index (χ4n) is 3.47. The number of hydrogen-bond donors (Lipinski definition) is 2. The molecule has 2 aliphatic heterocycles. The van der Waals surface area contributed by atoms with Crippen LogP contribution >= 0.6 is 0 Å². The number of nitrogens with one attached hydrogen (secondary N) is 2. The molecule has 2 saturated heterocycles. The van der Waals surface area contributed by atoms with Gasteiger partial charge in [-0.05, 0) is 24.8 Å². The van der Waals surface area contributed by atoms with Crippen LogP contribution in [0.25, 0.3) is 0 Å². The van der Waals surface area contributed by atoms with E-state index in [9.17, 15) is 14.9 Å². The number of ether oxygens (including phenoxy) is 1. The maximum Gasteiger partial charge on any atom is 0.269 e. The second-order valence-electron chi connectivity index (χ2n) is 7.46. The smallest absolute Gasteiger partial charge is 0.269 e. The van der Waals surface area contributed by atoms with E-state index in [1.807, 2.05) is 4.90 Å². The molecule has 0 aliphatic carbocycles. The lowest BCUT2D eigenvalue weighted by Gasteiger charge is -2.17. The minimum atomic E-state index is -0.406. The lowest BCUT2D eigenvalue weighted by molar-refractivity contribution is -0.384. The van der Waals surface area contributed by atoms with Crippen molar-refractivity contribution in [2.75, 3.05) is 39.4 Å². The van der Waals surface area contributed by atoms with Crippen LogP contribution in [0.1, 0.15) is 31.2 Å². The van der Waals surface area contributed by atoms with Crippen molar-refractivity contribution >= 4 is 17.6 Å². The van der Waals surface area contributed by atoms with Crippen molar-refractivity contribution in [1.82, 2.24) is 15.5 Å². The topological polar surface area (TPSA) is 109 Å². The number of amides is 1. The minimum absolute atomic E-state index is 0.0758. The second kappa shape index (κ2) is 10.8. The molecular weight excluding hydrogens is 374 g/mol. The SMILES string of the molecule is O=C1CCCN1CCCNC(=NCc1ccc([N+](=O)[O-])cc1)NCC1CCOC1. The largest absolute Gasteiger partial charge is 0.381 e. The first kappa shape index (κ1) is 21.0. The fraction of sp³-hybridized carbons (Fsp3) is 0.600. The van der Waals surface area contributed by atoms with Gasteiger partial charge in [-0.15, -0.1) is 0 Å². The van der Waals surface area contributed by atoms with Crippen molar-refractivity contribution in [2.24, 2.45) is 10.9 Å². The third kappa shape index (κ3) is 6.70. The van der Waals surface area contributed by atoms with Crippen molar-refractivity contribution in [3.05, 3.63) is 39.9 Å². The van der Waals surface area contributed by atoms with E-state index in [4.69, 9.17) is 4.74 Å². The van der Waals surface area contributed by atoms with Crippen molar-refractivity contribution in [1.29, 1.82) is 0 Å². The fourth-order valence-corrected chi connectivity index (χ4v) is 3.47. The third-order valence-corrected chi connectivity index (χ3v) is 5.22. The molecule has 9 nitrogen and oxygen atoms in total. The predicted octanol–water partition coefficient (Wildman–Crippen LogP) is 1.68. The van der Waals surface area contributed by atoms with Crippen LogP contribution in [0.4, 0.5) is 5.69 Å². The van der Waals surface area contributed by atoms with Gasteiger partial charge in [0.25, 0.3) is 5.69 Å². The molecule has 0 aromatic heterocycles. The highest BCUT2D eigenvalue weighted by atomic mass is 16.6. The molecular formula is C20H29N5O4. The molecule has 2 fully saturated rings. The number of nitrogens with zero attached hydrogens (tertiary/aromatic N) is 3. The van der Waals surface area contributed by atoms with Gasteiger partial charge in [-0.3, -0.25) is 14.9 Å². The molecule has 1 atom stereocenters. The first-order valence-electron chi connectivity index (χ1n) is 10.2. The van der Waals surface area contributed by atoms with Gasteiger partial charge in [-0.2, -0.15) is 0 Å². The summed E-state index contributed by atoms with van der Waals surface area (Å²) in [5, 5.41) is 17.5. The van der Waals surface area contributed by atoms with Crippen LogP contribution in [0.15, 0.2) is 29.3 Å². The van der Waals surface area contributed by atoms with Crippen molar-refractivity contribution in [3.63, 3.8) is 0 Å². The highest BCUT2D eigenvalue weighted by Gasteiger charge is 2.19. The molecule has 1 aromatic carbocycles. The molecule has 0 bridgehead atoms.